The molecule has 0 aliphatic carbocycles. The molecule has 26 heteroatoms. The highest BCUT2D eigenvalue weighted by Crippen LogP contribution is 2.46. The van der Waals surface area contributed by atoms with Crippen LogP contribution < -0.4 is 9.47 Å². The van der Waals surface area contributed by atoms with Crippen LogP contribution in [0.4, 0.5) is 32.9 Å². The molecular formula is C47H36N10O12S4. The molecule has 0 amide bonds. The summed E-state index contributed by atoms with van der Waals surface area (Å²) in [7, 11) is -12.9. The van der Waals surface area contributed by atoms with Crippen molar-refractivity contribution in [3.63, 3.8) is 0 Å². The number of aryl methyl sites for hydroxylation is 1. The number of thiazole rings is 1. The van der Waals surface area contributed by atoms with Crippen molar-refractivity contribution in [3.8, 4) is 34.7 Å². The van der Waals surface area contributed by atoms with E-state index in [2.05, 4.69) is 41.7 Å². The number of nitriles is 1. The average molecular weight is 1060 g/mol. The molecule has 6 aromatic carbocycles. The molecule has 370 valence electrons. The van der Waals surface area contributed by atoms with E-state index < -0.39 is 45.9 Å². The number of benzene rings is 6. The molecule has 9 aromatic rings. The minimum absolute atomic E-state index is 0.0292. The lowest BCUT2D eigenvalue weighted by Crippen LogP contribution is -2.08. The predicted octanol–water partition coefficient (Wildman–Crippen LogP) is 11.5. The van der Waals surface area contributed by atoms with Gasteiger partial charge < -0.3 is 14.6 Å². The normalized spacial score (nSPS) is 12.6. The highest BCUT2D eigenvalue weighted by molar-refractivity contribution is 7.86. The van der Waals surface area contributed by atoms with Crippen molar-refractivity contribution < 1.29 is 53.5 Å². The zero-order valence-electron chi connectivity index (χ0n) is 38.1. The molecular weight excluding hydrogens is 1020 g/mol. The lowest BCUT2D eigenvalue weighted by atomic mass is 10.0. The van der Waals surface area contributed by atoms with Crippen molar-refractivity contribution in [3.05, 3.63) is 120 Å². The number of pyridine rings is 1. The fourth-order valence-electron chi connectivity index (χ4n) is 7.85. The minimum atomic E-state index is -5.02. The zero-order valence-corrected chi connectivity index (χ0v) is 41.4. The third-order valence-electron chi connectivity index (χ3n) is 11.3. The molecule has 0 saturated carbocycles. The Kier molecular flexibility index (Phi) is 13.3. The van der Waals surface area contributed by atoms with E-state index in [-0.39, 0.29) is 91.0 Å². The summed E-state index contributed by atoms with van der Waals surface area (Å²) in [6.07, 6.45) is -0.114. The second-order valence-corrected chi connectivity index (χ2v) is 21.4. The van der Waals surface area contributed by atoms with Gasteiger partial charge in [0.15, 0.2) is 16.3 Å². The van der Waals surface area contributed by atoms with Crippen molar-refractivity contribution in [2.45, 2.75) is 30.1 Å². The lowest BCUT2D eigenvalue weighted by molar-refractivity contribution is 0.317. The van der Waals surface area contributed by atoms with Crippen LogP contribution in [0.5, 0.6) is 17.4 Å². The number of hydrogen-bond acceptors (Lipinski definition) is 19. The molecule has 0 unspecified atom stereocenters. The van der Waals surface area contributed by atoms with E-state index in [0.717, 1.165) is 40.3 Å². The topological polar surface area (TPSA) is 330 Å². The standard InChI is InChI=1S/C47H36N10O12S4/c1-25-18-36(52-54-42-26(2)33(24-48)44-49-34-14-6-7-15-38(34)57(44)46(42)58)40(69-16-9-17-71(59,60)61)23-35(25)51-56-47-50-43(31-13-8-11-27-10-4-5-12-30(27)31)45(70-47)55-53-37-22-32-28(20-41(37)73(65,66)67)19-29(72(62,63)64)21-39(32)68-3/h4-8,10-15,18-23,58H,9,16-17H2,1-3H3,(H,59,60,61)(H,62,63,64)(H,65,66,67). The zero-order chi connectivity index (χ0) is 52.0. The van der Waals surface area contributed by atoms with E-state index in [0.29, 0.717) is 27.7 Å². The first-order valence-corrected chi connectivity index (χ1v) is 26.6. The van der Waals surface area contributed by atoms with Crippen molar-refractivity contribution in [2.75, 3.05) is 19.5 Å². The van der Waals surface area contributed by atoms with Gasteiger partial charge in [-0.25, -0.2) is 9.97 Å². The molecule has 9 rings (SSSR count). The number of hydrogen-bond donors (Lipinski definition) is 4. The highest BCUT2D eigenvalue weighted by Gasteiger charge is 2.24. The van der Waals surface area contributed by atoms with Crippen LogP contribution >= 0.6 is 11.3 Å². The summed E-state index contributed by atoms with van der Waals surface area (Å²) in [5.41, 5.74) is 3.01. The number of nitrogens with zero attached hydrogens (tertiary/aromatic N) is 10. The van der Waals surface area contributed by atoms with Crippen LogP contribution in [-0.2, 0) is 30.4 Å². The summed E-state index contributed by atoms with van der Waals surface area (Å²) in [5.74, 6) is -0.951. The number of aromatic nitrogens is 3. The molecule has 0 bridgehead atoms. The van der Waals surface area contributed by atoms with Gasteiger partial charge in [0, 0.05) is 28.6 Å². The molecule has 0 spiro atoms. The van der Waals surface area contributed by atoms with Crippen LogP contribution in [0.1, 0.15) is 23.1 Å². The molecule has 4 N–H and O–H groups in total. The number of ether oxygens (including phenoxy) is 2. The molecule has 0 fully saturated rings. The van der Waals surface area contributed by atoms with Crippen LogP contribution in [0.25, 0.3) is 49.5 Å². The molecule has 3 aromatic heterocycles. The Balaban J connectivity index is 1.13. The Hall–Kier alpha value is -8.16. The van der Waals surface area contributed by atoms with Crippen LogP contribution in [0.2, 0.25) is 0 Å². The van der Waals surface area contributed by atoms with Gasteiger partial charge >= 0.3 is 0 Å². The number of aromatic hydroxyl groups is 1. The van der Waals surface area contributed by atoms with E-state index in [1.807, 2.05) is 30.3 Å². The van der Waals surface area contributed by atoms with Crippen molar-refractivity contribution in [2.24, 2.45) is 30.7 Å². The maximum absolute atomic E-state index is 12.8. The first-order chi connectivity index (χ1) is 34.7. The monoisotopic (exact) mass is 1060 g/mol. The smallest absolute Gasteiger partial charge is 0.296 e. The Bertz CT molecular complexity index is 4240. The number of rotatable bonds is 15. The van der Waals surface area contributed by atoms with Crippen molar-refractivity contribution >= 4 is 113 Å². The number of azo groups is 3. The van der Waals surface area contributed by atoms with Crippen LogP contribution in [0.3, 0.4) is 0 Å². The molecule has 0 aliphatic heterocycles. The average Bonchev–Trinajstić information content (AvgIpc) is 3.94. The summed E-state index contributed by atoms with van der Waals surface area (Å²) in [6, 6.07) is 29.3. The Morgan fingerprint density at radius 1 is 0.726 bits per heavy atom. The Morgan fingerprint density at radius 2 is 1.45 bits per heavy atom. The Morgan fingerprint density at radius 3 is 2.19 bits per heavy atom. The number of fused-ring (bicyclic) bond motifs is 5. The van der Waals surface area contributed by atoms with Gasteiger partial charge in [-0.3, -0.25) is 18.1 Å². The molecule has 0 atom stereocenters. The first kappa shape index (κ1) is 49.8. The Labute approximate surface area is 418 Å². The van der Waals surface area contributed by atoms with Gasteiger partial charge in [-0.2, -0.15) is 30.5 Å². The molecule has 0 aliphatic rings. The van der Waals surface area contributed by atoms with E-state index in [1.54, 1.807) is 56.3 Å². The maximum Gasteiger partial charge on any atom is 0.296 e. The number of imidazole rings is 1. The van der Waals surface area contributed by atoms with Crippen molar-refractivity contribution in [1.29, 1.82) is 5.26 Å². The second kappa shape index (κ2) is 19.5. The van der Waals surface area contributed by atoms with Gasteiger partial charge in [0.2, 0.25) is 11.0 Å². The van der Waals surface area contributed by atoms with E-state index in [9.17, 15) is 49.3 Å². The molecule has 0 radical (unpaired) electrons. The highest BCUT2D eigenvalue weighted by atomic mass is 32.2. The predicted molar refractivity (Wildman–Crippen MR) is 269 cm³/mol. The van der Waals surface area contributed by atoms with E-state index >= 15 is 0 Å². The summed E-state index contributed by atoms with van der Waals surface area (Å²) < 4.78 is 115. The molecule has 73 heavy (non-hydrogen) atoms. The fourth-order valence-corrected chi connectivity index (χ4v) is 10.2. The molecule has 0 saturated heterocycles. The number of methoxy groups -OCH3 is 1. The van der Waals surface area contributed by atoms with Gasteiger partial charge in [-0.15, -0.1) is 30.7 Å². The van der Waals surface area contributed by atoms with Crippen LogP contribution in [0.15, 0.2) is 144 Å². The van der Waals surface area contributed by atoms with Crippen molar-refractivity contribution in [1.82, 2.24) is 14.4 Å². The quantitative estimate of drug-likeness (QED) is 0.0421. The van der Waals surface area contributed by atoms with Crippen LogP contribution in [-0.4, -0.2) is 77.9 Å². The SMILES string of the molecule is COc1cc(S(=O)(=O)O)cc2cc(S(=O)(=O)O)c(N=Nc3sc(N=Nc4cc(OCCCS(=O)(=O)O)c(N=Nc5c(C)c(C#N)c6nc7ccccc7n6c5O)cc4C)nc3-c3cccc4ccccc34)cc12. The summed E-state index contributed by atoms with van der Waals surface area (Å²) in [5, 5.41) is 49.9. The maximum atomic E-state index is 12.8. The third kappa shape index (κ3) is 10.2. The largest absolute Gasteiger partial charge is 0.496 e. The van der Waals surface area contributed by atoms with E-state index in [1.165, 1.54) is 23.6 Å². The third-order valence-corrected chi connectivity index (χ3v) is 14.6. The van der Waals surface area contributed by atoms with Gasteiger partial charge in [-0.1, -0.05) is 65.9 Å². The summed E-state index contributed by atoms with van der Waals surface area (Å²) in [4.78, 5) is 7.96. The fraction of sp³-hybridized carbons (Fsp3) is 0.128. The summed E-state index contributed by atoms with van der Waals surface area (Å²) in [6.45, 7) is 3.07. The van der Waals surface area contributed by atoms with Gasteiger partial charge in [-0.05, 0) is 78.4 Å². The second-order valence-electron chi connectivity index (χ2n) is 16.0. The number of para-hydroxylation sites is 2. The minimum Gasteiger partial charge on any atom is -0.496 e. The van der Waals surface area contributed by atoms with Gasteiger partial charge in [0.25, 0.3) is 30.4 Å². The van der Waals surface area contributed by atoms with E-state index in [4.69, 9.17) is 14.5 Å². The van der Waals surface area contributed by atoms with Gasteiger partial charge in [0.05, 0.1) is 41.1 Å². The molecule has 3 heterocycles. The summed E-state index contributed by atoms with van der Waals surface area (Å²) >= 11 is 0.915. The van der Waals surface area contributed by atoms with Gasteiger partial charge in [0.1, 0.15) is 45.1 Å². The van der Waals surface area contributed by atoms with Crippen LogP contribution in [0, 0.1) is 25.2 Å². The first-order valence-electron chi connectivity index (χ1n) is 21.3. The lowest BCUT2D eigenvalue weighted by Gasteiger charge is -2.11. The molecule has 22 nitrogen and oxygen atoms in total.